The molecule has 2 aliphatic heterocycles. The van der Waals surface area contributed by atoms with Crippen LogP contribution in [0.2, 0.25) is 0 Å². The van der Waals surface area contributed by atoms with Gasteiger partial charge in [-0.15, -0.1) is 11.8 Å². The number of fused-ring (bicyclic) bond motifs is 1. The van der Waals surface area contributed by atoms with E-state index in [1.54, 1.807) is 6.07 Å². The smallest absolute Gasteiger partial charge is 0.162 e. The Labute approximate surface area is 152 Å². The molecule has 0 radical (unpaired) electrons. The van der Waals surface area contributed by atoms with E-state index in [2.05, 4.69) is 17.0 Å². The van der Waals surface area contributed by atoms with Crippen molar-refractivity contribution in [2.24, 2.45) is 0 Å². The molecule has 1 atom stereocenters. The SMILES string of the molecule is Fc1cccc(C2CCN(CCSc3ccc4c(c3)OCCO4)C2)c1. The first-order valence-corrected chi connectivity index (χ1v) is 9.77. The summed E-state index contributed by atoms with van der Waals surface area (Å²) in [7, 11) is 0. The molecule has 0 N–H and O–H groups in total. The molecule has 0 amide bonds. The summed E-state index contributed by atoms with van der Waals surface area (Å²) >= 11 is 1.84. The van der Waals surface area contributed by atoms with Crippen molar-refractivity contribution in [3.05, 3.63) is 53.8 Å². The summed E-state index contributed by atoms with van der Waals surface area (Å²) in [6.45, 7) is 4.40. The molecular formula is C20H22FNO2S. The fourth-order valence-electron chi connectivity index (χ4n) is 3.47. The molecule has 2 aromatic rings. The summed E-state index contributed by atoms with van der Waals surface area (Å²) in [5.74, 6) is 3.05. The van der Waals surface area contributed by atoms with E-state index in [1.165, 1.54) is 11.0 Å². The van der Waals surface area contributed by atoms with Crippen LogP contribution in [0.3, 0.4) is 0 Å². The van der Waals surface area contributed by atoms with Gasteiger partial charge in [0.2, 0.25) is 0 Å². The van der Waals surface area contributed by atoms with Gasteiger partial charge in [0.15, 0.2) is 11.5 Å². The monoisotopic (exact) mass is 359 g/mol. The molecule has 5 heteroatoms. The van der Waals surface area contributed by atoms with Gasteiger partial charge in [0.25, 0.3) is 0 Å². The lowest BCUT2D eigenvalue weighted by Gasteiger charge is -2.19. The Hall–Kier alpha value is -1.72. The highest BCUT2D eigenvalue weighted by Crippen LogP contribution is 2.34. The number of likely N-dealkylation sites (tertiary alicyclic amines) is 1. The molecule has 1 fully saturated rings. The molecule has 2 heterocycles. The van der Waals surface area contributed by atoms with Crippen LogP contribution in [0, 0.1) is 5.82 Å². The average Bonchev–Trinajstić information content (AvgIpc) is 3.11. The molecule has 1 unspecified atom stereocenters. The summed E-state index contributed by atoms with van der Waals surface area (Å²) in [6.07, 6.45) is 1.11. The third-order valence-corrected chi connectivity index (χ3v) is 5.76. The fourth-order valence-corrected chi connectivity index (χ4v) is 4.41. The van der Waals surface area contributed by atoms with Gasteiger partial charge in [-0.25, -0.2) is 4.39 Å². The maximum absolute atomic E-state index is 13.4. The van der Waals surface area contributed by atoms with Crippen molar-refractivity contribution in [1.29, 1.82) is 0 Å². The number of thioether (sulfide) groups is 1. The highest BCUT2D eigenvalue weighted by Gasteiger charge is 2.23. The largest absolute Gasteiger partial charge is 0.486 e. The third-order valence-electron chi connectivity index (χ3n) is 4.78. The third kappa shape index (κ3) is 4.10. The van der Waals surface area contributed by atoms with Crippen molar-refractivity contribution < 1.29 is 13.9 Å². The molecule has 0 saturated carbocycles. The van der Waals surface area contributed by atoms with Crippen molar-refractivity contribution in [2.75, 3.05) is 38.6 Å². The fraction of sp³-hybridized carbons (Fsp3) is 0.400. The first-order chi connectivity index (χ1) is 12.3. The van der Waals surface area contributed by atoms with E-state index in [-0.39, 0.29) is 5.82 Å². The Morgan fingerprint density at radius 1 is 1.08 bits per heavy atom. The molecule has 0 spiro atoms. The first-order valence-electron chi connectivity index (χ1n) is 8.78. The molecule has 2 aliphatic rings. The second-order valence-electron chi connectivity index (χ2n) is 6.50. The minimum atomic E-state index is -0.134. The molecule has 25 heavy (non-hydrogen) atoms. The van der Waals surface area contributed by atoms with Crippen LogP contribution in [0.5, 0.6) is 11.5 Å². The number of rotatable bonds is 5. The van der Waals surface area contributed by atoms with Gasteiger partial charge in [-0.05, 0) is 54.8 Å². The molecule has 0 aromatic heterocycles. The number of ether oxygens (including phenoxy) is 2. The molecule has 2 aromatic carbocycles. The molecular weight excluding hydrogens is 337 g/mol. The molecule has 132 valence electrons. The van der Waals surface area contributed by atoms with Crippen molar-refractivity contribution in [3.63, 3.8) is 0 Å². The number of halogens is 1. The van der Waals surface area contributed by atoms with E-state index in [4.69, 9.17) is 9.47 Å². The number of hydrogen-bond acceptors (Lipinski definition) is 4. The van der Waals surface area contributed by atoms with Crippen molar-refractivity contribution >= 4 is 11.8 Å². The predicted octanol–water partition coefficient (Wildman–Crippen LogP) is 4.18. The van der Waals surface area contributed by atoms with Crippen LogP contribution in [0.25, 0.3) is 0 Å². The maximum Gasteiger partial charge on any atom is 0.162 e. The summed E-state index contributed by atoms with van der Waals surface area (Å²) in [5, 5.41) is 0. The highest BCUT2D eigenvalue weighted by molar-refractivity contribution is 7.99. The van der Waals surface area contributed by atoms with Crippen molar-refractivity contribution in [1.82, 2.24) is 4.90 Å². The molecule has 3 nitrogen and oxygen atoms in total. The van der Waals surface area contributed by atoms with E-state index in [9.17, 15) is 4.39 Å². The maximum atomic E-state index is 13.4. The lowest BCUT2D eigenvalue weighted by atomic mass is 9.98. The first kappa shape index (κ1) is 16.7. The summed E-state index contributed by atoms with van der Waals surface area (Å²) in [5.41, 5.74) is 1.13. The van der Waals surface area contributed by atoms with Crippen LogP contribution in [0.4, 0.5) is 4.39 Å². The number of hydrogen-bond donors (Lipinski definition) is 0. The minimum Gasteiger partial charge on any atom is -0.486 e. The predicted molar refractivity (Wildman–Crippen MR) is 98.4 cm³/mol. The second kappa shape index (κ2) is 7.67. The van der Waals surface area contributed by atoms with Crippen LogP contribution >= 0.6 is 11.8 Å². The lowest BCUT2D eigenvalue weighted by molar-refractivity contribution is 0.171. The van der Waals surface area contributed by atoms with E-state index >= 15 is 0 Å². The van der Waals surface area contributed by atoms with Gasteiger partial charge in [0.05, 0.1) is 0 Å². The van der Waals surface area contributed by atoms with E-state index in [1.807, 2.05) is 30.0 Å². The zero-order chi connectivity index (χ0) is 17.1. The summed E-state index contributed by atoms with van der Waals surface area (Å²) in [4.78, 5) is 3.69. The van der Waals surface area contributed by atoms with Gasteiger partial charge in [-0.3, -0.25) is 0 Å². The zero-order valence-electron chi connectivity index (χ0n) is 14.1. The van der Waals surface area contributed by atoms with Gasteiger partial charge >= 0.3 is 0 Å². The zero-order valence-corrected chi connectivity index (χ0v) is 14.9. The van der Waals surface area contributed by atoms with Gasteiger partial charge in [-0.2, -0.15) is 0 Å². The molecule has 4 rings (SSSR count). The Kier molecular flexibility index (Phi) is 5.13. The molecule has 0 aliphatic carbocycles. The topological polar surface area (TPSA) is 21.7 Å². The Morgan fingerprint density at radius 2 is 1.96 bits per heavy atom. The van der Waals surface area contributed by atoms with Crippen LogP contribution in [-0.2, 0) is 0 Å². The highest BCUT2D eigenvalue weighted by atomic mass is 32.2. The molecule has 0 bridgehead atoms. The molecule has 1 saturated heterocycles. The van der Waals surface area contributed by atoms with Crippen LogP contribution in [0.15, 0.2) is 47.4 Å². The van der Waals surface area contributed by atoms with E-state index < -0.39 is 0 Å². The van der Waals surface area contributed by atoms with Crippen LogP contribution < -0.4 is 9.47 Å². The van der Waals surface area contributed by atoms with Crippen molar-refractivity contribution in [3.8, 4) is 11.5 Å². The van der Waals surface area contributed by atoms with Crippen LogP contribution in [-0.4, -0.2) is 43.5 Å². The summed E-state index contributed by atoms with van der Waals surface area (Å²) in [6, 6.07) is 13.2. The van der Waals surface area contributed by atoms with E-state index in [0.717, 1.165) is 48.9 Å². The van der Waals surface area contributed by atoms with Gasteiger partial charge in [-0.1, -0.05) is 12.1 Å². The van der Waals surface area contributed by atoms with Gasteiger partial charge in [0, 0.05) is 23.7 Å². The Morgan fingerprint density at radius 3 is 2.84 bits per heavy atom. The van der Waals surface area contributed by atoms with Gasteiger partial charge in [0.1, 0.15) is 19.0 Å². The van der Waals surface area contributed by atoms with Crippen LogP contribution in [0.1, 0.15) is 17.9 Å². The number of nitrogens with zero attached hydrogens (tertiary/aromatic N) is 1. The second-order valence-corrected chi connectivity index (χ2v) is 7.66. The number of benzene rings is 2. The quantitative estimate of drug-likeness (QED) is 0.747. The summed E-state index contributed by atoms with van der Waals surface area (Å²) < 4.78 is 24.6. The average molecular weight is 359 g/mol. The standard InChI is InChI=1S/C20H22FNO2S/c21-17-3-1-2-15(12-17)16-6-7-22(14-16)8-11-25-18-4-5-19-20(13-18)24-10-9-23-19/h1-5,12-13,16H,6-11,14H2. The van der Waals surface area contributed by atoms with E-state index in [0.29, 0.717) is 19.1 Å². The minimum absolute atomic E-state index is 0.134. The van der Waals surface area contributed by atoms with Crippen molar-refractivity contribution in [2.45, 2.75) is 17.2 Å². The normalized spacial score (nSPS) is 20.0. The lowest BCUT2D eigenvalue weighted by Crippen LogP contribution is -2.23. The Balaban J connectivity index is 1.27. The van der Waals surface area contributed by atoms with Gasteiger partial charge < -0.3 is 14.4 Å². The Bertz CT molecular complexity index is 739.